The van der Waals surface area contributed by atoms with Gasteiger partial charge in [0.1, 0.15) is 12.2 Å². The van der Waals surface area contributed by atoms with Gasteiger partial charge < -0.3 is 14.2 Å². The van der Waals surface area contributed by atoms with E-state index in [-0.39, 0.29) is 29.6 Å². The molecule has 4 atom stereocenters. The fraction of sp³-hybridized carbons (Fsp3) is 0.619. The number of imidazole rings is 1. The molecular formula is C21H24F3N5O8. The van der Waals surface area contributed by atoms with Crippen molar-refractivity contribution < 1.29 is 41.8 Å². The smallest absolute Gasteiger partial charge is 0.428 e. The van der Waals surface area contributed by atoms with Gasteiger partial charge in [0.2, 0.25) is 18.0 Å². The number of alkyl halides is 3. The SMILES string of the molecule is CC(=O)Nc1nc2c(c(=O)[nH]1)n(CC1CC1)c(=O)n2[C@@H]1O[C@H]([C@@H](OC(C)=O)C(F)(F)F)C[C@H]1OC(C)=O. The number of H-pyrrole nitrogens is 1. The van der Waals surface area contributed by atoms with Crippen LogP contribution in [-0.4, -0.2) is 61.4 Å². The van der Waals surface area contributed by atoms with Crippen LogP contribution in [0.1, 0.15) is 46.3 Å². The van der Waals surface area contributed by atoms with Crippen molar-refractivity contribution in [3.05, 3.63) is 20.8 Å². The number of ether oxygens (including phenoxy) is 3. The van der Waals surface area contributed by atoms with E-state index >= 15 is 0 Å². The van der Waals surface area contributed by atoms with Gasteiger partial charge in [-0.3, -0.25) is 34.0 Å². The summed E-state index contributed by atoms with van der Waals surface area (Å²) in [5.74, 6) is -2.88. The monoisotopic (exact) mass is 531 g/mol. The van der Waals surface area contributed by atoms with Crippen LogP contribution < -0.4 is 16.6 Å². The maximum Gasteiger partial charge on any atom is 0.428 e. The molecule has 2 N–H and O–H groups in total. The molecule has 1 aliphatic heterocycles. The van der Waals surface area contributed by atoms with Crippen LogP contribution in [0, 0.1) is 5.92 Å². The number of rotatable bonds is 7. The van der Waals surface area contributed by atoms with Crippen LogP contribution in [0.2, 0.25) is 0 Å². The van der Waals surface area contributed by atoms with Crippen molar-refractivity contribution in [1.82, 2.24) is 19.1 Å². The van der Waals surface area contributed by atoms with Gasteiger partial charge in [-0.15, -0.1) is 0 Å². The first-order chi connectivity index (χ1) is 17.3. The molecule has 1 saturated heterocycles. The predicted molar refractivity (Wildman–Crippen MR) is 117 cm³/mol. The number of aromatic amines is 1. The van der Waals surface area contributed by atoms with Crippen molar-refractivity contribution in [3.8, 4) is 0 Å². The number of hydrogen-bond donors (Lipinski definition) is 2. The van der Waals surface area contributed by atoms with Gasteiger partial charge in [0.15, 0.2) is 17.4 Å². The molecule has 202 valence electrons. The van der Waals surface area contributed by atoms with E-state index in [0.717, 1.165) is 42.7 Å². The van der Waals surface area contributed by atoms with Gasteiger partial charge in [-0.2, -0.15) is 18.2 Å². The Morgan fingerprint density at radius 3 is 2.41 bits per heavy atom. The Labute approximate surface area is 205 Å². The number of anilines is 1. The fourth-order valence-electron chi connectivity index (χ4n) is 4.31. The molecule has 13 nitrogen and oxygen atoms in total. The zero-order chi connectivity index (χ0) is 27.2. The summed E-state index contributed by atoms with van der Waals surface area (Å²) in [7, 11) is 0. The van der Waals surface area contributed by atoms with Gasteiger partial charge >= 0.3 is 23.8 Å². The van der Waals surface area contributed by atoms with Crippen LogP contribution in [0.25, 0.3) is 11.2 Å². The first-order valence-electron chi connectivity index (χ1n) is 11.4. The second-order valence-electron chi connectivity index (χ2n) is 8.99. The van der Waals surface area contributed by atoms with Crippen molar-refractivity contribution in [2.45, 2.75) is 77.3 Å². The van der Waals surface area contributed by atoms with Crippen molar-refractivity contribution in [3.63, 3.8) is 0 Å². The van der Waals surface area contributed by atoms with Crippen molar-refractivity contribution >= 4 is 35.0 Å². The molecule has 2 aliphatic rings. The Morgan fingerprint density at radius 1 is 1.19 bits per heavy atom. The quantitative estimate of drug-likeness (QED) is 0.496. The van der Waals surface area contributed by atoms with Gasteiger partial charge in [0.05, 0.1) is 0 Å². The first-order valence-corrected chi connectivity index (χ1v) is 11.4. The molecule has 1 aliphatic carbocycles. The largest absolute Gasteiger partial charge is 0.458 e. The minimum Gasteiger partial charge on any atom is -0.458 e. The summed E-state index contributed by atoms with van der Waals surface area (Å²) in [6.45, 7) is 3.11. The summed E-state index contributed by atoms with van der Waals surface area (Å²) < 4.78 is 58.4. The van der Waals surface area contributed by atoms with Crippen LogP contribution in [0.5, 0.6) is 0 Å². The van der Waals surface area contributed by atoms with E-state index in [1.807, 2.05) is 0 Å². The van der Waals surface area contributed by atoms with E-state index in [1.54, 1.807) is 0 Å². The van der Waals surface area contributed by atoms with Crippen LogP contribution >= 0.6 is 0 Å². The zero-order valence-corrected chi connectivity index (χ0v) is 20.0. The Kier molecular flexibility index (Phi) is 6.87. The molecule has 0 unspecified atom stereocenters. The lowest BCUT2D eigenvalue weighted by atomic mass is 10.1. The van der Waals surface area contributed by atoms with E-state index in [2.05, 4.69) is 20.0 Å². The van der Waals surface area contributed by atoms with E-state index in [1.165, 1.54) is 0 Å². The molecule has 16 heteroatoms. The number of amides is 1. The van der Waals surface area contributed by atoms with Crippen molar-refractivity contribution in [2.75, 3.05) is 5.32 Å². The van der Waals surface area contributed by atoms with E-state index in [4.69, 9.17) is 9.47 Å². The van der Waals surface area contributed by atoms with Gasteiger partial charge in [-0.05, 0) is 18.8 Å². The molecule has 0 bridgehead atoms. The number of halogens is 3. The topological polar surface area (TPSA) is 164 Å². The van der Waals surface area contributed by atoms with E-state index < -0.39 is 66.2 Å². The summed E-state index contributed by atoms with van der Waals surface area (Å²) in [6.07, 6.45) is -11.6. The standard InChI is InChI=1S/C21H24F3N5O8/c1-8(30)25-19-26-16-14(17(33)27-19)28(7-11-4-5-11)20(34)29(16)18-13(35-9(2)31)6-12(37-18)15(21(22,23)24)36-10(3)32/h11-13,15,18H,4-7H2,1-3H3,(H2,25,26,27,30,33)/t12-,13+,15+,18+/m0/s1. The number of fused-ring (bicyclic) bond motifs is 1. The highest BCUT2D eigenvalue weighted by Crippen LogP contribution is 2.39. The van der Waals surface area contributed by atoms with Gasteiger partial charge in [-0.1, -0.05) is 0 Å². The summed E-state index contributed by atoms with van der Waals surface area (Å²) in [5, 5.41) is 2.29. The number of carbonyl (C=O) groups excluding carboxylic acids is 3. The molecule has 2 aromatic rings. The number of nitrogens with zero attached hydrogens (tertiary/aromatic N) is 3. The minimum absolute atomic E-state index is 0.103. The second-order valence-corrected chi connectivity index (χ2v) is 8.99. The third-order valence-electron chi connectivity index (χ3n) is 5.87. The van der Waals surface area contributed by atoms with Crippen molar-refractivity contribution in [1.29, 1.82) is 0 Å². The summed E-state index contributed by atoms with van der Waals surface area (Å²) in [6, 6.07) is 0. The van der Waals surface area contributed by atoms with Crippen molar-refractivity contribution in [2.24, 2.45) is 5.92 Å². The highest BCUT2D eigenvalue weighted by molar-refractivity contribution is 5.87. The highest BCUT2D eigenvalue weighted by atomic mass is 19.4. The molecule has 0 radical (unpaired) electrons. The Hall–Kier alpha value is -3.69. The highest BCUT2D eigenvalue weighted by Gasteiger charge is 2.54. The number of esters is 2. The summed E-state index contributed by atoms with van der Waals surface area (Å²) >= 11 is 0. The lowest BCUT2D eigenvalue weighted by Crippen LogP contribution is -2.43. The normalized spacial score (nSPS) is 22.6. The molecule has 37 heavy (non-hydrogen) atoms. The molecule has 2 fully saturated rings. The maximum atomic E-state index is 13.7. The molecular weight excluding hydrogens is 507 g/mol. The predicted octanol–water partition coefficient (Wildman–Crippen LogP) is 0.968. The first kappa shape index (κ1) is 26.4. The molecule has 2 aromatic heterocycles. The fourth-order valence-corrected chi connectivity index (χ4v) is 4.31. The number of aromatic nitrogens is 4. The molecule has 0 spiro atoms. The molecule has 0 aromatic carbocycles. The second kappa shape index (κ2) is 9.64. The zero-order valence-electron chi connectivity index (χ0n) is 20.0. The van der Waals surface area contributed by atoms with Crippen LogP contribution in [-0.2, 0) is 35.1 Å². The maximum absolute atomic E-state index is 13.7. The summed E-state index contributed by atoms with van der Waals surface area (Å²) in [4.78, 5) is 67.6. The molecule has 1 amide bonds. The Morgan fingerprint density at radius 2 is 1.86 bits per heavy atom. The third kappa shape index (κ3) is 5.52. The van der Waals surface area contributed by atoms with E-state index in [9.17, 15) is 37.1 Å². The lowest BCUT2D eigenvalue weighted by Gasteiger charge is -2.25. The summed E-state index contributed by atoms with van der Waals surface area (Å²) in [5.41, 5.74) is -2.10. The number of hydrogen-bond acceptors (Lipinski definition) is 9. The average Bonchev–Trinajstić information content (AvgIpc) is 3.42. The van der Waals surface area contributed by atoms with Gasteiger partial charge in [0, 0.05) is 33.7 Å². The third-order valence-corrected chi connectivity index (χ3v) is 5.87. The Balaban J connectivity index is 1.87. The van der Waals surface area contributed by atoms with Crippen LogP contribution in [0.4, 0.5) is 19.1 Å². The van der Waals surface area contributed by atoms with E-state index in [0.29, 0.717) is 0 Å². The number of nitrogens with one attached hydrogen (secondary N) is 2. The molecule has 1 saturated carbocycles. The number of carbonyl (C=O) groups is 3. The van der Waals surface area contributed by atoms with Gasteiger partial charge in [0.25, 0.3) is 5.56 Å². The lowest BCUT2D eigenvalue weighted by molar-refractivity contribution is -0.248. The molecule has 4 rings (SSSR count). The molecule has 3 heterocycles. The Bertz CT molecular complexity index is 1360. The van der Waals surface area contributed by atoms with Crippen LogP contribution in [0.15, 0.2) is 9.59 Å². The van der Waals surface area contributed by atoms with Gasteiger partial charge in [-0.25, -0.2) is 9.36 Å². The van der Waals surface area contributed by atoms with Crippen LogP contribution in [0.3, 0.4) is 0 Å². The average molecular weight is 531 g/mol. The minimum atomic E-state index is -5.04.